The van der Waals surface area contributed by atoms with Gasteiger partial charge in [-0.05, 0) is 19.1 Å². The van der Waals surface area contributed by atoms with E-state index in [1.165, 1.54) is 10.8 Å². The number of carbonyl (C=O) groups excluding carboxylic acids is 1. The Morgan fingerprint density at radius 3 is 2.05 bits per heavy atom. The molecule has 1 N–H and O–H groups in total. The Morgan fingerprint density at radius 2 is 1.55 bits per heavy atom. The van der Waals surface area contributed by atoms with Gasteiger partial charge in [0.15, 0.2) is 0 Å². The van der Waals surface area contributed by atoms with Gasteiger partial charge in [0, 0.05) is 16.3 Å². The van der Waals surface area contributed by atoms with Crippen molar-refractivity contribution in [1.29, 1.82) is 0 Å². The minimum Gasteiger partial charge on any atom is -0.334 e. The lowest BCUT2D eigenvalue weighted by atomic mass is 10.2. The van der Waals surface area contributed by atoms with Crippen molar-refractivity contribution in [1.82, 2.24) is 9.88 Å². The third-order valence-electron chi connectivity index (χ3n) is 3.47. The molecule has 0 saturated heterocycles. The zero-order chi connectivity index (χ0) is 14.1. The number of nitrogens with one attached hydrogen (secondary N) is 1. The van der Waals surface area contributed by atoms with Gasteiger partial charge in [-0.15, -0.1) is 0 Å². The summed E-state index contributed by atoms with van der Waals surface area (Å²) in [5.41, 5.74) is 2.76. The maximum Gasteiger partial charge on any atom is 0.247 e. The highest BCUT2D eigenvalue weighted by Crippen LogP contribution is 2.28. The first-order valence-electron chi connectivity index (χ1n) is 6.58. The quantitative estimate of drug-likeness (QED) is 0.722. The number of amides is 1. The van der Waals surface area contributed by atoms with Crippen molar-refractivity contribution in [3.63, 3.8) is 0 Å². The third-order valence-corrected chi connectivity index (χ3v) is 3.47. The lowest BCUT2D eigenvalue weighted by Crippen LogP contribution is -2.26. The SMILES string of the molecule is C=C(C)C(=O)NCn1c2ccccc2c2ccccc21. The molecule has 0 radical (unpaired) electrons. The number of fused-ring (bicyclic) bond motifs is 3. The maximum absolute atomic E-state index is 11.7. The molecule has 1 heterocycles. The van der Waals surface area contributed by atoms with Gasteiger partial charge in [0.05, 0.1) is 17.7 Å². The van der Waals surface area contributed by atoms with Gasteiger partial charge in [-0.25, -0.2) is 0 Å². The van der Waals surface area contributed by atoms with Crippen LogP contribution in [0, 0.1) is 0 Å². The molecule has 0 atom stereocenters. The van der Waals surface area contributed by atoms with E-state index in [1.807, 2.05) is 24.3 Å². The molecule has 0 saturated carbocycles. The van der Waals surface area contributed by atoms with E-state index in [2.05, 4.69) is 40.7 Å². The molecule has 0 unspecified atom stereocenters. The summed E-state index contributed by atoms with van der Waals surface area (Å²) >= 11 is 0. The van der Waals surface area contributed by atoms with Gasteiger partial charge in [0.1, 0.15) is 0 Å². The molecule has 0 aliphatic carbocycles. The van der Waals surface area contributed by atoms with E-state index < -0.39 is 0 Å². The van der Waals surface area contributed by atoms with Gasteiger partial charge in [0.25, 0.3) is 0 Å². The summed E-state index contributed by atoms with van der Waals surface area (Å²) in [5.74, 6) is -0.119. The van der Waals surface area contributed by atoms with Crippen molar-refractivity contribution in [2.24, 2.45) is 0 Å². The minimum atomic E-state index is -0.119. The van der Waals surface area contributed by atoms with Crippen LogP contribution in [-0.2, 0) is 11.5 Å². The van der Waals surface area contributed by atoms with E-state index in [-0.39, 0.29) is 5.91 Å². The lowest BCUT2D eigenvalue weighted by molar-refractivity contribution is -0.117. The first kappa shape index (κ1) is 12.5. The lowest BCUT2D eigenvalue weighted by Gasteiger charge is -2.09. The van der Waals surface area contributed by atoms with Crippen molar-refractivity contribution in [2.45, 2.75) is 13.6 Å². The number of nitrogens with zero attached hydrogens (tertiary/aromatic N) is 1. The molecule has 2 aromatic carbocycles. The van der Waals surface area contributed by atoms with Crippen LogP contribution in [0.3, 0.4) is 0 Å². The minimum absolute atomic E-state index is 0.119. The van der Waals surface area contributed by atoms with Crippen LogP contribution in [0.5, 0.6) is 0 Å². The van der Waals surface area contributed by atoms with Crippen molar-refractivity contribution >= 4 is 27.7 Å². The van der Waals surface area contributed by atoms with Crippen LogP contribution < -0.4 is 5.32 Å². The Morgan fingerprint density at radius 1 is 1.05 bits per heavy atom. The molecular formula is C17H16N2O. The summed E-state index contributed by atoms with van der Waals surface area (Å²) in [6.07, 6.45) is 0. The van der Waals surface area contributed by atoms with Crippen molar-refractivity contribution in [3.05, 3.63) is 60.7 Å². The molecule has 1 amide bonds. The van der Waals surface area contributed by atoms with Crippen LogP contribution >= 0.6 is 0 Å². The highest BCUT2D eigenvalue weighted by molar-refractivity contribution is 6.08. The molecular weight excluding hydrogens is 248 g/mol. The van der Waals surface area contributed by atoms with Crippen LogP contribution in [0.15, 0.2) is 60.7 Å². The summed E-state index contributed by atoms with van der Waals surface area (Å²) in [5, 5.41) is 5.30. The van der Waals surface area contributed by atoms with E-state index >= 15 is 0 Å². The van der Waals surface area contributed by atoms with E-state index in [4.69, 9.17) is 0 Å². The fourth-order valence-electron chi connectivity index (χ4n) is 2.48. The second-order valence-electron chi connectivity index (χ2n) is 4.91. The zero-order valence-electron chi connectivity index (χ0n) is 11.4. The smallest absolute Gasteiger partial charge is 0.247 e. The summed E-state index contributed by atoms with van der Waals surface area (Å²) in [4.78, 5) is 11.7. The average molecular weight is 264 g/mol. The van der Waals surface area contributed by atoms with E-state index in [0.717, 1.165) is 11.0 Å². The monoisotopic (exact) mass is 264 g/mol. The summed E-state index contributed by atoms with van der Waals surface area (Å²) < 4.78 is 2.12. The number of para-hydroxylation sites is 2. The summed E-state index contributed by atoms with van der Waals surface area (Å²) in [7, 11) is 0. The van der Waals surface area contributed by atoms with Gasteiger partial charge < -0.3 is 9.88 Å². The molecule has 0 fully saturated rings. The molecule has 100 valence electrons. The van der Waals surface area contributed by atoms with Crippen molar-refractivity contribution in [2.75, 3.05) is 0 Å². The molecule has 3 aromatic rings. The Hall–Kier alpha value is -2.55. The molecule has 0 spiro atoms. The van der Waals surface area contributed by atoms with Crippen LogP contribution in [0.25, 0.3) is 21.8 Å². The largest absolute Gasteiger partial charge is 0.334 e. The predicted molar refractivity (Wildman–Crippen MR) is 82.4 cm³/mol. The summed E-state index contributed by atoms with van der Waals surface area (Å²) in [6, 6.07) is 16.4. The van der Waals surface area contributed by atoms with Gasteiger partial charge in [0.2, 0.25) is 5.91 Å². The Balaban J connectivity index is 2.12. The molecule has 0 aliphatic rings. The van der Waals surface area contributed by atoms with Crippen LogP contribution in [0.4, 0.5) is 0 Å². The van der Waals surface area contributed by atoms with Crippen molar-refractivity contribution < 1.29 is 4.79 Å². The van der Waals surface area contributed by atoms with Gasteiger partial charge in [-0.1, -0.05) is 43.0 Å². The summed E-state index contributed by atoms with van der Waals surface area (Å²) in [6.45, 7) is 5.81. The fraction of sp³-hybridized carbons (Fsp3) is 0.118. The molecule has 20 heavy (non-hydrogen) atoms. The molecule has 0 bridgehead atoms. The molecule has 1 aromatic heterocycles. The highest BCUT2D eigenvalue weighted by atomic mass is 16.1. The molecule has 0 aliphatic heterocycles. The Kier molecular flexibility index (Phi) is 3.03. The van der Waals surface area contributed by atoms with Gasteiger partial charge in [-0.3, -0.25) is 4.79 Å². The number of carbonyl (C=O) groups is 1. The van der Waals surface area contributed by atoms with Gasteiger partial charge >= 0.3 is 0 Å². The van der Waals surface area contributed by atoms with E-state index in [0.29, 0.717) is 12.2 Å². The van der Waals surface area contributed by atoms with E-state index in [1.54, 1.807) is 6.92 Å². The maximum atomic E-state index is 11.7. The second-order valence-corrected chi connectivity index (χ2v) is 4.91. The van der Waals surface area contributed by atoms with Crippen LogP contribution in [-0.4, -0.2) is 10.5 Å². The Labute approximate surface area is 117 Å². The molecule has 3 rings (SSSR count). The second kappa shape index (κ2) is 4.85. The molecule has 3 heteroatoms. The van der Waals surface area contributed by atoms with E-state index in [9.17, 15) is 4.79 Å². The number of benzene rings is 2. The van der Waals surface area contributed by atoms with Crippen LogP contribution in [0.1, 0.15) is 6.92 Å². The number of aromatic nitrogens is 1. The fourth-order valence-corrected chi connectivity index (χ4v) is 2.48. The average Bonchev–Trinajstić information content (AvgIpc) is 2.79. The highest BCUT2D eigenvalue weighted by Gasteiger charge is 2.10. The normalized spacial score (nSPS) is 10.8. The number of hydrogen-bond acceptors (Lipinski definition) is 1. The topological polar surface area (TPSA) is 34.0 Å². The first-order valence-corrected chi connectivity index (χ1v) is 6.58. The molecule has 3 nitrogen and oxygen atoms in total. The first-order chi connectivity index (χ1) is 9.68. The van der Waals surface area contributed by atoms with Crippen molar-refractivity contribution in [3.8, 4) is 0 Å². The zero-order valence-corrected chi connectivity index (χ0v) is 11.4. The predicted octanol–water partition coefficient (Wildman–Crippen LogP) is 3.44. The number of rotatable bonds is 3. The van der Waals surface area contributed by atoms with Gasteiger partial charge in [-0.2, -0.15) is 0 Å². The number of hydrogen-bond donors (Lipinski definition) is 1. The third kappa shape index (κ3) is 1.97. The standard InChI is InChI=1S/C17H16N2O/c1-12(2)17(20)18-11-19-15-9-5-3-7-13(15)14-8-4-6-10-16(14)19/h3-10H,1,11H2,2H3,(H,18,20). The Bertz CT molecular complexity index is 761. The van der Waals surface area contributed by atoms with Crippen LogP contribution in [0.2, 0.25) is 0 Å².